The Morgan fingerprint density at radius 3 is 2.56 bits per heavy atom. The van der Waals surface area contributed by atoms with E-state index < -0.39 is 17.4 Å². The summed E-state index contributed by atoms with van der Waals surface area (Å²) in [6.45, 7) is 4.59. The zero-order valence-electron chi connectivity index (χ0n) is 15.3. The maximum absolute atomic E-state index is 15.3. The minimum Gasteiger partial charge on any atom is -0.449 e. The molecule has 1 saturated carbocycles. The zero-order chi connectivity index (χ0) is 19.5. The van der Waals surface area contributed by atoms with Crippen LogP contribution in [0.1, 0.15) is 36.4 Å². The molecule has 3 N–H and O–H groups in total. The largest absolute Gasteiger partial charge is 0.511 e. The fourth-order valence-electron chi connectivity index (χ4n) is 4.08. The Labute approximate surface area is 155 Å². The van der Waals surface area contributed by atoms with Gasteiger partial charge in [0.15, 0.2) is 11.6 Å². The molecule has 1 aromatic carbocycles. The van der Waals surface area contributed by atoms with E-state index in [1.807, 2.05) is 9.47 Å². The van der Waals surface area contributed by atoms with Gasteiger partial charge in [0.25, 0.3) is 0 Å². The van der Waals surface area contributed by atoms with Crippen LogP contribution in [0.4, 0.5) is 14.9 Å². The molecule has 1 aliphatic carbocycles. The summed E-state index contributed by atoms with van der Waals surface area (Å²) in [5.74, 6) is -0.749. The van der Waals surface area contributed by atoms with Crippen molar-refractivity contribution in [1.82, 2.24) is 4.57 Å². The summed E-state index contributed by atoms with van der Waals surface area (Å²) in [5.41, 5.74) is 7.41. The first-order valence-corrected chi connectivity index (χ1v) is 9.08. The highest BCUT2D eigenvalue weighted by Crippen LogP contribution is 2.42. The molecule has 27 heavy (non-hydrogen) atoms. The average Bonchev–Trinajstić information content (AvgIpc) is 3.36. The molecule has 2 aliphatic rings. The number of benzene rings is 1. The molecule has 0 spiro atoms. The number of pyridine rings is 1. The van der Waals surface area contributed by atoms with Crippen molar-refractivity contribution in [2.45, 2.75) is 45.2 Å². The van der Waals surface area contributed by atoms with Crippen LogP contribution >= 0.6 is 0 Å². The third-order valence-corrected chi connectivity index (χ3v) is 5.50. The van der Waals surface area contributed by atoms with Gasteiger partial charge in [0.1, 0.15) is 0 Å². The maximum atomic E-state index is 15.3. The summed E-state index contributed by atoms with van der Waals surface area (Å²) in [5, 5.41) is 9.12. The van der Waals surface area contributed by atoms with E-state index in [2.05, 4.69) is 4.74 Å². The van der Waals surface area contributed by atoms with Crippen LogP contribution in [0.2, 0.25) is 0 Å². The molecular formula is C19H22FN3O4. The number of hydrogen-bond acceptors (Lipinski definition) is 5. The molecule has 2 heterocycles. The lowest BCUT2D eigenvalue weighted by Gasteiger charge is -2.25. The number of anilines is 1. The van der Waals surface area contributed by atoms with E-state index in [4.69, 9.17) is 10.8 Å². The van der Waals surface area contributed by atoms with E-state index >= 15 is 4.39 Å². The summed E-state index contributed by atoms with van der Waals surface area (Å²) in [4.78, 5) is 25.8. The molecule has 144 valence electrons. The summed E-state index contributed by atoms with van der Waals surface area (Å²) < 4.78 is 21.9. The third-order valence-electron chi connectivity index (χ3n) is 5.50. The number of carbonyl (C=O) groups is 1. The second-order valence-corrected chi connectivity index (χ2v) is 7.46. The van der Waals surface area contributed by atoms with E-state index in [9.17, 15) is 9.59 Å². The molecule has 1 aromatic heterocycles. The Morgan fingerprint density at radius 1 is 1.30 bits per heavy atom. The monoisotopic (exact) mass is 375 g/mol. The van der Waals surface area contributed by atoms with Crippen LogP contribution in [0.3, 0.4) is 0 Å². The van der Waals surface area contributed by atoms with Crippen LogP contribution in [-0.2, 0) is 0 Å². The lowest BCUT2D eigenvalue weighted by atomic mass is 10.0. The second-order valence-electron chi connectivity index (χ2n) is 7.46. The van der Waals surface area contributed by atoms with E-state index in [1.165, 1.54) is 6.20 Å². The summed E-state index contributed by atoms with van der Waals surface area (Å²) in [6.07, 6.45) is 2.51. The minimum absolute atomic E-state index is 0.00299. The van der Waals surface area contributed by atoms with Crippen molar-refractivity contribution in [3.8, 4) is 5.75 Å². The van der Waals surface area contributed by atoms with Crippen LogP contribution < -0.4 is 20.8 Å². The molecule has 0 radical (unpaired) electrons. The Bertz CT molecular complexity index is 1010. The maximum Gasteiger partial charge on any atom is 0.511 e. The first kappa shape index (κ1) is 17.8. The van der Waals surface area contributed by atoms with E-state index in [0.717, 1.165) is 19.3 Å². The first-order valence-electron chi connectivity index (χ1n) is 9.08. The molecule has 8 heteroatoms. The second kappa shape index (κ2) is 6.23. The molecule has 0 bridgehead atoms. The number of carboxylic acid groups (broad SMARTS) is 1. The molecule has 1 aliphatic heterocycles. The lowest BCUT2D eigenvalue weighted by Crippen LogP contribution is -2.28. The normalized spacial score (nSPS) is 19.7. The number of fused-ring (bicyclic) bond motifs is 1. The molecule has 0 unspecified atom stereocenters. The number of rotatable bonds is 3. The van der Waals surface area contributed by atoms with Crippen molar-refractivity contribution in [2.75, 3.05) is 18.0 Å². The topological polar surface area (TPSA) is 97.8 Å². The summed E-state index contributed by atoms with van der Waals surface area (Å²) >= 11 is 0. The van der Waals surface area contributed by atoms with Gasteiger partial charge in [-0.25, -0.2) is 9.18 Å². The standard InChI is InChI=1S/C19H22FN3O4/c1-9-14-16(10(2)17(15(9)20)22-6-5-11(21)7-22)23(12-3-4-12)8-13(18(14)24)27-19(25)26/h8,11-12H,3-7,21H2,1-2H3,(H,25,26)/t11-/m0/s1. The van der Waals surface area contributed by atoms with Crippen molar-refractivity contribution in [2.24, 2.45) is 5.73 Å². The van der Waals surface area contributed by atoms with Gasteiger partial charge in [-0.05, 0) is 38.7 Å². The van der Waals surface area contributed by atoms with Gasteiger partial charge in [0.05, 0.1) is 22.8 Å². The Morgan fingerprint density at radius 2 is 2.00 bits per heavy atom. The predicted molar refractivity (Wildman–Crippen MR) is 99.4 cm³/mol. The van der Waals surface area contributed by atoms with Crippen molar-refractivity contribution < 1.29 is 19.0 Å². The van der Waals surface area contributed by atoms with Crippen molar-refractivity contribution in [1.29, 1.82) is 0 Å². The Balaban J connectivity index is 2.04. The third kappa shape index (κ3) is 2.84. The molecule has 2 fully saturated rings. The quantitative estimate of drug-likeness (QED) is 0.801. The van der Waals surface area contributed by atoms with Gasteiger partial charge in [-0.1, -0.05) is 0 Å². The number of hydrogen-bond donors (Lipinski definition) is 2. The fourth-order valence-corrected chi connectivity index (χ4v) is 4.08. The average molecular weight is 375 g/mol. The van der Waals surface area contributed by atoms with Crippen molar-refractivity contribution in [3.05, 3.63) is 33.4 Å². The molecule has 4 rings (SSSR count). The fraction of sp³-hybridized carbons (Fsp3) is 0.474. The number of nitrogens with two attached hydrogens (primary N) is 1. The van der Waals surface area contributed by atoms with Crippen LogP contribution in [0.15, 0.2) is 11.0 Å². The number of nitrogens with zero attached hydrogens (tertiary/aromatic N) is 2. The van der Waals surface area contributed by atoms with Crippen LogP contribution in [0, 0.1) is 19.7 Å². The smallest absolute Gasteiger partial charge is 0.449 e. The molecule has 2 aromatic rings. The summed E-state index contributed by atoms with van der Waals surface area (Å²) in [7, 11) is 0. The van der Waals surface area contributed by atoms with Crippen LogP contribution in [0.5, 0.6) is 5.75 Å². The van der Waals surface area contributed by atoms with Crippen LogP contribution in [-0.4, -0.2) is 35.0 Å². The van der Waals surface area contributed by atoms with Gasteiger partial charge in [-0.3, -0.25) is 4.79 Å². The van der Waals surface area contributed by atoms with E-state index in [0.29, 0.717) is 29.9 Å². The highest BCUT2D eigenvalue weighted by atomic mass is 19.1. The van der Waals surface area contributed by atoms with Gasteiger partial charge in [0.2, 0.25) is 5.43 Å². The number of halogens is 1. The molecular weight excluding hydrogens is 353 g/mol. The van der Waals surface area contributed by atoms with Crippen molar-refractivity contribution in [3.63, 3.8) is 0 Å². The number of ether oxygens (including phenoxy) is 1. The highest BCUT2D eigenvalue weighted by molar-refractivity contribution is 5.92. The molecule has 0 amide bonds. The van der Waals surface area contributed by atoms with Gasteiger partial charge in [-0.2, -0.15) is 0 Å². The Hall–Kier alpha value is -2.61. The van der Waals surface area contributed by atoms with E-state index in [1.54, 1.807) is 13.8 Å². The predicted octanol–water partition coefficient (Wildman–Crippen LogP) is 2.69. The molecule has 1 atom stereocenters. The number of aromatic nitrogens is 1. The van der Waals surface area contributed by atoms with Crippen molar-refractivity contribution >= 4 is 22.7 Å². The van der Waals surface area contributed by atoms with Gasteiger partial charge in [0, 0.05) is 30.7 Å². The van der Waals surface area contributed by atoms with E-state index in [-0.39, 0.29) is 28.8 Å². The lowest BCUT2D eigenvalue weighted by molar-refractivity contribution is 0.143. The SMILES string of the molecule is Cc1c(F)c(N2CC[C@H](N)C2)c(C)c2c1c(=O)c(OC(=O)O)cn2C1CC1. The first-order chi connectivity index (χ1) is 12.8. The van der Waals surface area contributed by atoms with Gasteiger partial charge >= 0.3 is 6.16 Å². The highest BCUT2D eigenvalue weighted by Gasteiger charge is 2.32. The van der Waals surface area contributed by atoms with Gasteiger partial charge < -0.3 is 25.0 Å². The zero-order valence-corrected chi connectivity index (χ0v) is 15.3. The van der Waals surface area contributed by atoms with Gasteiger partial charge in [-0.15, -0.1) is 0 Å². The minimum atomic E-state index is -1.56. The Kier molecular flexibility index (Phi) is 4.10. The van der Waals surface area contributed by atoms with Crippen LogP contribution in [0.25, 0.3) is 10.9 Å². The summed E-state index contributed by atoms with van der Waals surface area (Å²) in [6, 6.07) is 0.151. The molecule has 7 nitrogen and oxygen atoms in total. The number of aryl methyl sites for hydroxylation is 2. The molecule has 1 saturated heterocycles.